The SMILES string of the molecule is CC1CCN(CCOc2cccc(C(N)=S)c2)CC1. The van der Waals surface area contributed by atoms with Gasteiger partial charge in [-0.25, -0.2) is 0 Å². The first kappa shape index (κ1) is 14.3. The van der Waals surface area contributed by atoms with Gasteiger partial charge >= 0.3 is 0 Å². The molecule has 1 aliphatic heterocycles. The molecule has 4 heteroatoms. The summed E-state index contributed by atoms with van der Waals surface area (Å²) in [5, 5.41) is 0. The Kier molecular flexibility index (Phi) is 5.16. The Morgan fingerprint density at radius 2 is 2.16 bits per heavy atom. The van der Waals surface area contributed by atoms with E-state index < -0.39 is 0 Å². The lowest BCUT2D eigenvalue weighted by atomic mass is 9.99. The summed E-state index contributed by atoms with van der Waals surface area (Å²) in [6, 6.07) is 7.67. The van der Waals surface area contributed by atoms with E-state index in [0.29, 0.717) is 4.99 Å². The molecule has 1 aromatic carbocycles. The van der Waals surface area contributed by atoms with Crippen LogP contribution in [-0.4, -0.2) is 36.1 Å². The van der Waals surface area contributed by atoms with Crippen LogP contribution in [0.25, 0.3) is 0 Å². The van der Waals surface area contributed by atoms with Gasteiger partial charge in [0, 0.05) is 12.1 Å². The Bertz CT molecular complexity index is 428. The minimum absolute atomic E-state index is 0.412. The van der Waals surface area contributed by atoms with Crippen LogP contribution >= 0.6 is 12.2 Å². The van der Waals surface area contributed by atoms with Gasteiger partial charge < -0.3 is 10.5 Å². The molecule has 1 saturated heterocycles. The highest BCUT2D eigenvalue weighted by atomic mass is 32.1. The number of ether oxygens (including phenoxy) is 1. The van der Waals surface area contributed by atoms with Gasteiger partial charge in [-0.2, -0.15) is 0 Å². The van der Waals surface area contributed by atoms with Gasteiger partial charge in [0.1, 0.15) is 17.3 Å². The molecule has 2 rings (SSSR count). The Labute approximate surface area is 120 Å². The van der Waals surface area contributed by atoms with E-state index in [4.69, 9.17) is 22.7 Å². The molecule has 104 valence electrons. The molecule has 1 aliphatic rings. The van der Waals surface area contributed by atoms with Crippen LogP contribution in [0.1, 0.15) is 25.3 Å². The highest BCUT2D eigenvalue weighted by Gasteiger charge is 2.15. The van der Waals surface area contributed by atoms with E-state index in [1.54, 1.807) is 0 Å². The Morgan fingerprint density at radius 3 is 2.84 bits per heavy atom. The van der Waals surface area contributed by atoms with Crippen molar-refractivity contribution in [2.45, 2.75) is 19.8 Å². The molecule has 19 heavy (non-hydrogen) atoms. The number of hydrogen-bond donors (Lipinski definition) is 1. The highest BCUT2D eigenvalue weighted by molar-refractivity contribution is 7.80. The van der Waals surface area contributed by atoms with Crippen molar-refractivity contribution in [3.8, 4) is 5.75 Å². The summed E-state index contributed by atoms with van der Waals surface area (Å²) in [7, 11) is 0. The molecule has 0 aliphatic carbocycles. The average Bonchev–Trinajstić information content (AvgIpc) is 2.41. The molecule has 0 atom stereocenters. The lowest BCUT2D eigenvalue weighted by Gasteiger charge is -2.29. The van der Waals surface area contributed by atoms with Crippen LogP contribution < -0.4 is 10.5 Å². The topological polar surface area (TPSA) is 38.5 Å². The third kappa shape index (κ3) is 4.48. The van der Waals surface area contributed by atoms with Crippen LogP contribution in [0.2, 0.25) is 0 Å². The van der Waals surface area contributed by atoms with E-state index in [0.717, 1.165) is 30.4 Å². The maximum atomic E-state index is 5.77. The minimum atomic E-state index is 0.412. The van der Waals surface area contributed by atoms with Gasteiger partial charge in [-0.15, -0.1) is 0 Å². The molecular weight excluding hydrogens is 256 g/mol. The predicted molar refractivity (Wildman–Crippen MR) is 82.7 cm³/mol. The normalized spacial score (nSPS) is 17.3. The van der Waals surface area contributed by atoms with Crippen molar-refractivity contribution in [3.05, 3.63) is 29.8 Å². The number of piperidine rings is 1. The Morgan fingerprint density at radius 1 is 1.42 bits per heavy atom. The van der Waals surface area contributed by atoms with E-state index in [2.05, 4.69) is 11.8 Å². The van der Waals surface area contributed by atoms with E-state index in [1.807, 2.05) is 24.3 Å². The average molecular weight is 278 g/mol. The van der Waals surface area contributed by atoms with E-state index in [1.165, 1.54) is 25.9 Å². The highest BCUT2D eigenvalue weighted by Crippen LogP contribution is 2.16. The second kappa shape index (κ2) is 6.87. The van der Waals surface area contributed by atoms with Crippen molar-refractivity contribution in [3.63, 3.8) is 0 Å². The first-order chi connectivity index (χ1) is 9.15. The summed E-state index contributed by atoms with van der Waals surface area (Å²) in [6.45, 7) is 6.42. The molecule has 0 radical (unpaired) electrons. The molecule has 3 nitrogen and oxygen atoms in total. The van der Waals surface area contributed by atoms with Gasteiger partial charge in [0.15, 0.2) is 0 Å². The van der Waals surface area contributed by atoms with Gasteiger partial charge in [0.2, 0.25) is 0 Å². The standard InChI is InChI=1S/C15H22N2OS/c1-12-5-7-17(8-6-12)9-10-18-14-4-2-3-13(11-14)15(16)19/h2-4,11-12H,5-10H2,1H3,(H2,16,19). The second-order valence-corrected chi connectivity index (χ2v) is 5.70. The number of hydrogen-bond acceptors (Lipinski definition) is 3. The van der Waals surface area contributed by atoms with Crippen molar-refractivity contribution in [2.24, 2.45) is 11.7 Å². The molecule has 2 N–H and O–H groups in total. The monoisotopic (exact) mass is 278 g/mol. The van der Waals surface area contributed by atoms with Gasteiger partial charge in [0.25, 0.3) is 0 Å². The Hall–Kier alpha value is -1.13. The lowest BCUT2D eigenvalue weighted by molar-refractivity contribution is 0.160. The molecule has 1 aromatic rings. The summed E-state index contributed by atoms with van der Waals surface area (Å²) < 4.78 is 5.77. The number of nitrogens with zero attached hydrogens (tertiary/aromatic N) is 1. The third-order valence-electron chi connectivity index (χ3n) is 3.67. The molecular formula is C15H22N2OS. The first-order valence-electron chi connectivity index (χ1n) is 6.90. The zero-order valence-corrected chi connectivity index (χ0v) is 12.3. The third-order valence-corrected chi connectivity index (χ3v) is 3.91. The molecule has 0 bridgehead atoms. The first-order valence-corrected chi connectivity index (χ1v) is 7.31. The number of benzene rings is 1. The van der Waals surface area contributed by atoms with Crippen LogP contribution in [0.3, 0.4) is 0 Å². The number of likely N-dealkylation sites (tertiary alicyclic amines) is 1. The summed E-state index contributed by atoms with van der Waals surface area (Å²) in [4.78, 5) is 2.88. The van der Waals surface area contributed by atoms with Crippen LogP contribution in [0.4, 0.5) is 0 Å². The van der Waals surface area contributed by atoms with Crippen molar-refractivity contribution in [1.29, 1.82) is 0 Å². The molecule has 0 aromatic heterocycles. The van der Waals surface area contributed by atoms with Crippen LogP contribution in [0.5, 0.6) is 5.75 Å². The quantitative estimate of drug-likeness (QED) is 0.840. The molecule has 0 spiro atoms. The maximum Gasteiger partial charge on any atom is 0.120 e. The predicted octanol–water partition coefficient (Wildman–Crippen LogP) is 2.43. The van der Waals surface area contributed by atoms with Crippen LogP contribution in [0.15, 0.2) is 24.3 Å². The fourth-order valence-corrected chi connectivity index (χ4v) is 2.44. The van der Waals surface area contributed by atoms with Crippen molar-refractivity contribution in [2.75, 3.05) is 26.2 Å². The summed E-state index contributed by atoms with van der Waals surface area (Å²) in [5.41, 5.74) is 6.47. The zero-order chi connectivity index (χ0) is 13.7. The van der Waals surface area contributed by atoms with Crippen molar-refractivity contribution in [1.82, 2.24) is 4.90 Å². The molecule has 0 saturated carbocycles. The largest absolute Gasteiger partial charge is 0.492 e. The fourth-order valence-electron chi connectivity index (χ4n) is 2.32. The summed E-state index contributed by atoms with van der Waals surface area (Å²) in [6.07, 6.45) is 2.61. The van der Waals surface area contributed by atoms with E-state index >= 15 is 0 Å². The number of nitrogens with two attached hydrogens (primary N) is 1. The van der Waals surface area contributed by atoms with Crippen molar-refractivity contribution >= 4 is 17.2 Å². The fraction of sp³-hybridized carbons (Fsp3) is 0.533. The van der Waals surface area contributed by atoms with Crippen LogP contribution in [0, 0.1) is 5.92 Å². The molecule has 0 amide bonds. The van der Waals surface area contributed by atoms with Gasteiger partial charge in [-0.1, -0.05) is 31.3 Å². The summed E-state index contributed by atoms with van der Waals surface area (Å²) in [5.74, 6) is 1.72. The second-order valence-electron chi connectivity index (χ2n) is 5.26. The van der Waals surface area contributed by atoms with Gasteiger partial charge in [0.05, 0.1) is 0 Å². The molecule has 0 unspecified atom stereocenters. The summed E-state index contributed by atoms with van der Waals surface area (Å²) >= 11 is 4.96. The van der Waals surface area contributed by atoms with E-state index in [-0.39, 0.29) is 0 Å². The minimum Gasteiger partial charge on any atom is -0.492 e. The lowest BCUT2D eigenvalue weighted by Crippen LogP contribution is -2.35. The van der Waals surface area contributed by atoms with E-state index in [9.17, 15) is 0 Å². The maximum absolute atomic E-state index is 5.77. The van der Waals surface area contributed by atoms with Gasteiger partial charge in [-0.3, -0.25) is 4.90 Å². The van der Waals surface area contributed by atoms with Gasteiger partial charge in [-0.05, 0) is 44.0 Å². The smallest absolute Gasteiger partial charge is 0.120 e. The van der Waals surface area contributed by atoms with Crippen LogP contribution in [-0.2, 0) is 0 Å². The zero-order valence-electron chi connectivity index (χ0n) is 11.5. The Balaban J connectivity index is 1.76. The van der Waals surface area contributed by atoms with Crippen molar-refractivity contribution < 1.29 is 4.74 Å². The number of rotatable bonds is 5. The number of thiocarbonyl (C=S) groups is 1. The molecule has 1 fully saturated rings. The molecule has 1 heterocycles.